The third kappa shape index (κ3) is 7.61. The van der Waals surface area contributed by atoms with Crippen molar-refractivity contribution in [2.45, 2.75) is 111 Å². The van der Waals surface area contributed by atoms with Crippen LogP contribution in [0, 0.1) is 13.8 Å². The highest BCUT2D eigenvalue weighted by atomic mass is 35.5. The van der Waals surface area contributed by atoms with Crippen LogP contribution in [0.1, 0.15) is 108 Å². The third-order valence-corrected chi connectivity index (χ3v) is 11.7. The summed E-state index contributed by atoms with van der Waals surface area (Å²) in [6.07, 6.45) is 16.6. The molecule has 2 aromatic rings. The minimum absolute atomic E-state index is 0.0961. The minimum Gasteiger partial charge on any atom is -0.344 e. The zero-order valence-corrected chi connectivity index (χ0v) is 31.6. The fourth-order valence-corrected chi connectivity index (χ4v) is 8.59. The molecule has 0 atom stereocenters. The number of anilines is 1. The second kappa shape index (κ2) is 14.5. The van der Waals surface area contributed by atoms with Crippen molar-refractivity contribution in [3.8, 4) is 0 Å². The molecule has 7 heteroatoms. The first-order valence-electron chi connectivity index (χ1n) is 17.7. The van der Waals surface area contributed by atoms with E-state index in [0.29, 0.717) is 19.4 Å². The maximum atomic E-state index is 11.3. The summed E-state index contributed by atoms with van der Waals surface area (Å²) in [6, 6.07) is 13.4. The van der Waals surface area contributed by atoms with Gasteiger partial charge in [0.15, 0.2) is 5.71 Å². The number of aryl methyl sites for hydroxylation is 2. The lowest BCUT2D eigenvalue weighted by Gasteiger charge is -2.27. The van der Waals surface area contributed by atoms with Gasteiger partial charge in [0, 0.05) is 52.5 Å². The molecule has 0 amide bonds. The van der Waals surface area contributed by atoms with Crippen LogP contribution in [0.5, 0.6) is 0 Å². The summed E-state index contributed by atoms with van der Waals surface area (Å²) >= 11 is 7.22. The molecule has 3 aliphatic rings. The third-order valence-electron chi connectivity index (χ3n) is 10.5. The van der Waals surface area contributed by atoms with Crippen molar-refractivity contribution in [3.05, 3.63) is 105 Å². The Balaban J connectivity index is 1.47. The maximum Gasteiger partial charge on any atom is 0.264 e. The molecule has 1 aliphatic carbocycles. The molecule has 2 heterocycles. The summed E-state index contributed by atoms with van der Waals surface area (Å²) < 4.78 is 34.5. The topological polar surface area (TPSA) is 60.6 Å². The lowest BCUT2D eigenvalue weighted by Crippen LogP contribution is -2.28. The Kier molecular flexibility index (Phi) is 11.0. The van der Waals surface area contributed by atoms with Crippen LogP contribution in [-0.2, 0) is 20.9 Å². The van der Waals surface area contributed by atoms with Crippen molar-refractivity contribution in [2.75, 3.05) is 23.7 Å². The van der Waals surface area contributed by atoms with Gasteiger partial charge < -0.3 is 4.90 Å². The summed E-state index contributed by atoms with van der Waals surface area (Å²) in [5.74, 6) is -0.219. The maximum absolute atomic E-state index is 11.3. The molecular weight excluding hydrogens is 636 g/mol. The molecule has 0 radical (unpaired) electrons. The second-order valence-electron chi connectivity index (χ2n) is 14.9. The predicted molar refractivity (Wildman–Crippen MR) is 203 cm³/mol. The van der Waals surface area contributed by atoms with Crippen molar-refractivity contribution in [2.24, 2.45) is 0 Å². The van der Waals surface area contributed by atoms with E-state index in [1.54, 1.807) is 0 Å². The molecule has 0 bridgehead atoms. The van der Waals surface area contributed by atoms with Crippen molar-refractivity contribution < 1.29 is 17.5 Å². The van der Waals surface area contributed by atoms with Crippen molar-refractivity contribution >= 4 is 38.8 Å². The van der Waals surface area contributed by atoms with Crippen LogP contribution >= 0.6 is 11.6 Å². The molecule has 0 saturated carbocycles. The van der Waals surface area contributed by atoms with E-state index in [4.69, 9.17) is 11.6 Å². The van der Waals surface area contributed by atoms with Crippen molar-refractivity contribution in [1.82, 2.24) is 0 Å². The Morgan fingerprint density at radius 3 is 2.31 bits per heavy atom. The zero-order valence-electron chi connectivity index (χ0n) is 30.0. The van der Waals surface area contributed by atoms with E-state index < -0.39 is 10.1 Å². The Morgan fingerprint density at radius 1 is 0.896 bits per heavy atom. The average Bonchev–Trinajstić information content (AvgIpc) is 3.35. The Bertz CT molecular complexity index is 1830. The molecule has 0 saturated heterocycles. The summed E-state index contributed by atoms with van der Waals surface area (Å²) in [5.41, 5.74) is 12.2. The monoisotopic (exact) mass is 689 g/mol. The van der Waals surface area contributed by atoms with Gasteiger partial charge in [-0.3, -0.25) is 4.55 Å². The molecule has 0 unspecified atom stereocenters. The molecule has 2 aliphatic heterocycles. The molecule has 5 nitrogen and oxygen atoms in total. The lowest BCUT2D eigenvalue weighted by molar-refractivity contribution is -0.438. The zero-order chi connectivity index (χ0) is 34.9. The number of halogens is 1. The van der Waals surface area contributed by atoms with Gasteiger partial charge in [0.25, 0.3) is 10.1 Å². The number of unbranched alkanes of at least 4 members (excludes halogenated alkanes) is 3. The SMILES string of the molecule is CCCCC[N+]1=C(C=CC2=C(Cl)C(=CC=C3N(CCCCS(=O)(=O)O)c4ccc(C)cc4C3(C)C)CCC2)C(C)(C)c2cc(C)ccc21. The average molecular weight is 690 g/mol. The van der Waals surface area contributed by atoms with Gasteiger partial charge in [0.2, 0.25) is 5.69 Å². The predicted octanol–water partition coefficient (Wildman–Crippen LogP) is 10.4. The fourth-order valence-electron chi connectivity index (χ4n) is 7.70. The van der Waals surface area contributed by atoms with E-state index >= 15 is 0 Å². The number of rotatable bonds is 12. The quantitative estimate of drug-likeness (QED) is 0.137. The van der Waals surface area contributed by atoms with E-state index in [-0.39, 0.29) is 16.6 Å². The summed E-state index contributed by atoms with van der Waals surface area (Å²) in [7, 11) is -3.97. The fraction of sp³-hybridized carbons (Fsp3) is 0.488. The molecule has 0 fully saturated rings. The van der Waals surface area contributed by atoms with E-state index in [2.05, 4.69) is 119 Å². The molecule has 5 rings (SSSR count). The highest BCUT2D eigenvalue weighted by molar-refractivity contribution is 7.85. The van der Waals surface area contributed by atoms with Gasteiger partial charge in [-0.1, -0.05) is 80.3 Å². The molecule has 1 N–H and O–H groups in total. The first-order chi connectivity index (χ1) is 22.6. The van der Waals surface area contributed by atoms with Gasteiger partial charge in [0.05, 0.1) is 11.2 Å². The van der Waals surface area contributed by atoms with E-state index in [1.807, 2.05) is 0 Å². The van der Waals surface area contributed by atoms with Crippen LogP contribution in [-0.4, -0.2) is 42.1 Å². The second-order valence-corrected chi connectivity index (χ2v) is 16.9. The van der Waals surface area contributed by atoms with E-state index in [1.165, 1.54) is 64.2 Å². The normalized spacial score (nSPS) is 20.5. The van der Waals surface area contributed by atoms with E-state index in [0.717, 1.165) is 42.1 Å². The minimum atomic E-state index is -3.97. The lowest BCUT2D eigenvalue weighted by atomic mass is 9.80. The summed E-state index contributed by atoms with van der Waals surface area (Å²) in [5, 5.41) is 0.848. The Morgan fingerprint density at radius 2 is 1.60 bits per heavy atom. The van der Waals surface area contributed by atoms with Crippen molar-refractivity contribution in [3.63, 3.8) is 0 Å². The first-order valence-corrected chi connectivity index (χ1v) is 19.7. The van der Waals surface area contributed by atoms with Crippen LogP contribution in [0.2, 0.25) is 0 Å². The van der Waals surface area contributed by atoms with Crippen LogP contribution in [0.3, 0.4) is 0 Å². The van der Waals surface area contributed by atoms with Crippen molar-refractivity contribution in [1.29, 1.82) is 0 Å². The number of fused-ring (bicyclic) bond motifs is 2. The van der Waals surface area contributed by atoms with Gasteiger partial charge >= 0.3 is 0 Å². The number of benzene rings is 2. The Hall–Kier alpha value is -2.93. The molecular formula is C41H54ClN2O3S+. The summed E-state index contributed by atoms with van der Waals surface area (Å²) in [4.78, 5) is 2.32. The number of nitrogens with zero attached hydrogens (tertiary/aromatic N) is 2. The molecule has 2 aromatic carbocycles. The smallest absolute Gasteiger partial charge is 0.264 e. The molecule has 48 heavy (non-hydrogen) atoms. The molecule has 258 valence electrons. The van der Waals surface area contributed by atoms with Gasteiger partial charge in [-0.15, -0.1) is 0 Å². The van der Waals surface area contributed by atoms with Crippen LogP contribution < -0.4 is 4.90 Å². The van der Waals surface area contributed by atoms with Crippen LogP contribution in [0.25, 0.3) is 0 Å². The van der Waals surface area contributed by atoms with Gasteiger partial charge in [-0.05, 0) is 101 Å². The molecule has 0 spiro atoms. The van der Waals surface area contributed by atoms with Gasteiger partial charge in [-0.2, -0.15) is 13.0 Å². The Labute approximate surface area is 294 Å². The molecule has 0 aromatic heterocycles. The number of hydrogen-bond acceptors (Lipinski definition) is 3. The highest BCUT2D eigenvalue weighted by Crippen LogP contribution is 2.48. The summed E-state index contributed by atoms with van der Waals surface area (Å²) in [6.45, 7) is 17.4. The number of allylic oxidation sites excluding steroid dienone is 8. The standard InChI is InChI=1S/C41H53ClN2O3S/c1-8-9-10-24-43-35-20-16-29(2)27-33(35)40(4,5)37(43)22-18-31-14-13-15-32(39(31)42)19-23-38-41(6,7)34-28-30(3)17-21-36(34)44(38)25-11-12-26-48(45,46)47/h16-23,27-28H,8-15,24-26H2,1-7H3/p+1. The van der Waals surface area contributed by atoms with Crippen LogP contribution in [0.15, 0.2) is 82.6 Å². The van der Waals surface area contributed by atoms with E-state index in [9.17, 15) is 13.0 Å². The van der Waals surface area contributed by atoms with Gasteiger partial charge in [-0.25, -0.2) is 0 Å². The highest BCUT2D eigenvalue weighted by Gasteiger charge is 2.44. The first kappa shape index (κ1) is 36.4. The van der Waals surface area contributed by atoms with Gasteiger partial charge in [0.1, 0.15) is 6.54 Å². The largest absolute Gasteiger partial charge is 0.344 e. The number of hydrogen-bond donors (Lipinski definition) is 1. The van der Waals surface area contributed by atoms with Crippen LogP contribution in [0.4, 0.5) is 11.4 Å².